The van der Waals surface area contributed by atoms with E-state index in [1.807, 2.05) is 16.7 Å². The maximum absolute atomic E-state index is 13.7. The lowest BCUT2D eigenvalue weighted by Gasteiger charge is -2.48. The van der Waals surface area contributed by atoms with Gasteiger partial charge in [-0.1, -0.05) is 0 Å². The van der Waals surface area contributed by atoms with Crippen molar-refractivity contribution in [3.8, 4) is 11.6 Å². The maximum atomic E-state index is 13.7. The minimum Gasteiger partial charge on any atom is -0.481 e. The van der Waals surface area contributed by atoms with Crippen molar-refractivity contribution in [3.05, 3.63) is 53.7 Å². The van der Waals surface area contributed by atoms with Crippen molar-refractivity contribution in [2.75, 3.05) is 48.6 Å². The van der Waals surface area contributed by atoms with Gasteiger partial charge in [-0.25, -0.2) is 17.8 Å². The molecule has 3 aromatic rings. The van der Waals surface area contributed by atoms with Crippen molar-refractivity contribution < 1.29 is 17.5 Å². The van der Waals surface area contributed by atoms with Crippen molar-refractivity contribution in [3.63, 3.8) is 0 Å². The molecule has 4 heterocycles. The van der Waals surface area contributed by atoms with Gasteiger partial charge in [0.15, 0.2) is 0 Å². The van der Waals surface area contributed by atoms with Gasteiger partial charge in [-0.15, -0.1) is 10.2 Å². The van der Waals surface area contributed by atoms with Crippen LogP contribution in [0.5, 0.6) is 5.88 Å². The minimum atomic E-state index is -3.15. The molecule has 2 aliphatic rings. The predicted molar refractivity (Wildman–Crippen MR) is 127 cm³/mol. The van der Waals surface area contributed by atoms with Gasteiger partial charge in [0.05, 0.1) is 30.8 Å². The molecule has 0 saturated carbocycles. The van der Waals surface area contributed by atoms with Crippen LogP contribution in [0.15, 0.2) is 36.5 Å². The van der Waals surface area contributed by atoms with Crippen molar-refractivity contribution in [1.29, 1.82) is 0 Å². The highest BCUT2D eigenvalue weighted by Crippen LogP contribution is 2.34. The quantitative estimate of drug-likeness (QED) is 0.501. The van der Waals surface area contributed by atoms with E-state index in [4.69, 9.17) is 4.74 Å². The van der Waals surface area contributed by atoms with Gasteiger partial charge < -0.3 is 14.5 Å². The molecule has 1 fully saturated rings. The molecule has 0 aliphatic carbocycles. The topological polar surface area (TPSA) is 93.4 Å². The van der Waals surface area contributed by atoms with E-state index >= 15 is 0 Å². The molecule has 0 atom stereocenters. The molecule has 9 nitrogen and oxygen atoms in total. The Kier molecular flexibility index (Phi) is 5.88. The largest absolute Gasteiger partial charge is 0.481 e. The molecule has 34 heavy (non-hydrogen) atoms. The Morgan fingerprint density at radius 2 is 2.00 bits per heavy atom. The average Bonchev–Trinajstić information content (AvgIpc) is 3.19. The molecule has 0 amide bonds. The van der Waals surface area contributed by atoms with Gasteiger partial charge in [0.2, 0.25) is 11.8 Å². The van der Waals surface area contributed by atoms with E-state index in [9.17, 15) is 12.8 Å². The molecule has 2 aromatic heterocycles. The van der Waals surface area contributed by atoms with Crippen LogP contribution in [0, 0.1) is 5.82 Å². The van der Waals surface area contributed by atoms with Crippen LogP contribution in [-0.2, 0) is 22.7 Å². The first-order valence-corrected chi connectivity index (χ1v) is 13.3. The highest BCUT2D eigenvalue weighted by Gasteiger charge is 2.37. The molecular weight excluding hydrogens is 459 g/mol. The fourth-order valence-corrected chi connectivity index (χ4v) is 5.18. The zero-order valence-corrected chi connectivity index (χ0v) is 20.0. The zero-order valence-electron chi connectivity index (χ0n) is 19.2. The summed E-state index contributed by atoms with van der Waals surface area (Å²) >= 11 is 0. The maximum Gasteiger partial charge on any atom is 0.232 e. The summed E-state index contributed by atoms with van der Waals surface area (Å²) in [4.78, 5) is 8.78. The molecule has 1 aromatic carbocycles. The summed E-state index contributed by atoms with van der Waals surface area (Å²) in [5.41, 5.74) is 2.90. The molecule has 0 spiro atoms. The number of benzene rings is 1. The zero-order chi connectivity index (χ0) is 23.9. The molecule has 5 rings (SSSR count). The van der Waals surface area contributed by atoms with Crippen LogP contribution in [-0.4, -0.2) is 73.0 Å². The molecule has 11 heteroatoms. The lowest BCUT2D eigenvalue weighted by atomic mass is 9.97. The summed E-state index contributed by atoms with van der Waals surface area (Å²) in [5, 5.41) is 8.73. The average molecular weight is 487 g/mol. The second kappa shape index (κ2) is 8.86. The Balaban J connectivity index is 1.40. The Morgan fingerprint density at radius 3 is 2.71 bits per heavy atom. The van der Waals surface area contributed by atoms with Crippen LogP contribution >= 0.6 is 0 Å². The van der Waals surface area contributed by atoms with E-state index in [0.29, 0.717) is 17.7 Å². The minimum absolute atomic E-state index is 0.0154. The molecule has 0 bridgehead atoms. The van der Waals surface area contributed by atoms with Gasteiger partial charge in [0.25, 0.3) is 0 Å². The van der Waals surface area contributed by atoms with Crippen LogP contribution in [0.2, 0.25) is 0 Å². The third-order valence-electron chi connectivity index (χ3n) is 6.38. The summed E-state index contributed by atoms with van der Waals surface area (Å²) in [6.45, 7) is 2.42. The van der Waals surface area contributed by atoms with E-state index in [0.717, 1.165) is 49.4 Å². The number of fused-ring (bicyclic) bond motifs is 1. The number of halogens is 1. The molecule has 0 radical (unpaired) electrons. The summed E-state index contributed by atoms with van der Waals surface area (Å²) in [6, 6.07) is 8.93. The number of pyridine rings is 1. The number of hydrogen-bond acceptors (Lipinski definition) is 8. The van der Waals surface area contributed by atoms with Crippen LogP contribution in [0.1, 0.15) is 17.8 Å². The second-order valence-corrected chi connectivity index (χ2v) is 11.1. The molecule has 2 aliphatic heterocycles. The standard InChI is InChI=1S/C23H27FN6O3S/c1-33-22-8-6-18(13-25-22)30-21(9-11-34(2,31)32)26-27-23(30)28-14-19(15-28)29-10-3-4-16-12-17(24)5-7-20(16)29/h5-8,12-13,19H,3-4,9-11,14-15H2,1-2H3. The number of ether oxygens (including phenoxy) is 1. The number of aromatic nitrogens is 4. The van der Waals surface area contributed by atoms with E-state index < -0.39 is 9.84 Å². The Hall–Kier alpha value is -3.21. The van der Waals surface area contributed by atoms with Gasteiger partial charge in [0.1, 0.15) is 21.5 Å². The third-order valence-corrected chi connectivity index (χ3v) is 7.33. The first-order valence-electron chi connectivity index (χ1n) is 11.2. The van der Waals surface area contributed by atoms with Crippen molar-refractivity contribution in [2.24, 2.45) is 0 Å². The number of anilines is 2. The van der Waals surface area contributed by atoms with E-state index in [1.54, 1.807) is 25.4 Å². The number of rotatable bonds is 7. The third kappa shape index (κ3) is 4.44. The summed E-state index contributed by atoms with van der Waals surface area (Å²) in [6.07, 6.45) is 5.02. The van der Waals surface area contributed by atoms with E-state index in [-0.39, 0.29) is 24.0 Å². The normalized spacial score (nSPS) is 16.3. The summed E-state index contributed by atoms with van der Waals surface area (Å²) < 4.78 is 44.2. The Bertz CT molecular complexity index is 1290. The summed E-state index contributed by atoms with van der Waals surface area (Å²) in [5.74, 6) is 1.50. The SMILES string of the molecule is COc1ccc(-n2c(CCS(C)(=O)=O)nnc2N2CC(N3CCCc4cc(F)ccc43)C2)cn1. The smallest absolute Gasteiger partial charge is 0.232 e. The Labute approximate surface area is 198 Å². The molecule has 1 saturated heterocycles. The fraction of sp³-hybridized carbons (Fsp3) is 0.435. The Morgan fingerprint density at radius 1 is 1.18 bits per heavy atom. The first kappa shape index (κ1) is 22.6. The molecule has 180 valence electrons. The predicted octanol–water partition coefficient (Wildman–Crippen LogP) is 2.04. The summed E-state index contributed by atoms with van der Waals surface area (Å²) in [7, 11) is -1.60. The van der Waals surface area contributed by atoms with Gasteiger partial charge in [-0.3, -0.25) is 4.57 Å². The van der Waals surface area contributed by atoms with Gasteiger partial charge >= 0.3 is 0 Å². The van der Waals surface area contributed by atoms with Gasteiger partial charge in [-0.2, -0.15) is 0 Å². The molecule has 0 unspecified atom stereocenters. The highest BCUT2D eigenvalue weighted by molar-refractivity contribution is 7.90. The monoisotopic (exact) mass is 486 g/mol. The lowest BCUT2D eigenvalue weighted by Crippen LogP contribution is -2.61. The number of sulfone groups is 1. The van der Waals surface area contributed by atoms with Gasteiger partial charge in [0, 0.05) is 44.1 Å². The number of nitrogens with zero attached hydrogens (tertiary/aromatic N) is 6. The lowest BCUT2D eigenvalue weighted by molar-refractivity contribution is 0.397. The van der Waals surface area contributed by atoms with Crippen molar-refractivity contribution in [2.45, 2.75) is 25.3 Å². The number of methoxy groups -OCH3 is 1. The first-order chi connectivity index (χ1) is 16.3. The van der Waals surface area contributed by atoms with Crippen molar-refractivity contribution >= 4 is 21.5 Å². The number of hydrogen-bond donors (Lipinski definition) is 0. The van der Waals surface area contributed by atoms with Crippen LogP contribution < -0.4 is 14.5 Å². The fourth-order valence-electron chi connectivity index (χ4n) is 4.63. The van der Waals surface area contributed by atoms with E-state index in [2.05, 4.69) is 25.0 Å². The van der Waals surface area contributed by atoms with E-state index in [1.165, 1.54) is 12.3 Å². The van der Waals surface area contributed by atoms with Crippen LogP contribution in [0.4, 0.5) is 16.0 Å². The second-order valence-electron chi connectivity index (χ2n) is 8.82. The van der Waals surface area contributed by atoms with Crippen LogP contribution in [0.3, 0.4) is 0 Å². The van der Waals surface area contributed by atoms with Crippen LogP contribution in [0.25, 0.3) is 5.69 Å². The highest BCUT2D eigenvalue weighted by atomic mass is 32.2. The van der Waals surface area contributed by atoms with Gasteiger partial charge in [-0.05, 0) is 42.7 Å². The van der Waals surface area contributed by atoms with Crippen molar-refractivity contribution in [1.82, 2.24) is 19.7 Å². The molecule has 0 N–H and O–H groups in total. The molecular formula is C23H27FN6O3S. The number of aryl methyl sites for hydroxylation is 2.